The number of nitrogens with one attached hydrogen (secondary N) is 3. The Morgan fingerprint density at radius 3 is 2.55 bits per heavy atom. The molecule has 0 spiro atoms. The summed E-state index contributed by atoms with van der Waals surface area (Å²) in [6.07, 6.45) is 1.48. The Morgan fingerprint density at radius 1 is 1.35 bits per heavy atom. The summed E-state index contributed by atoms with van der Waals surface area (Å²) in [5, 5.41) is 5.37. The van der Waals surface area contributed by atoms with Gasteiger partial charge in [-0.25, -0.2) is 18.1 Å². The van der Waals surface area contributed by atoms with Crippen LogP contribution in [0.2, 0.25) is 0 Å². The van der Waals surface area contributed by atoms with Gasteiger partial charge in [-0.1, -0.05) is 0 Å². The minimum absolute atomic E-state index is 0.00561. The molecule has 1 aromatic rings. The number of hydrogen-bond acceptors (Lipinski definition) is 5. The fourth-order valence-electron chi connectivity index (χ4n) is 1.50. The summed E-state index contributed by atoms with van der Waals surface area (Å²) in [7, 11) is -2.21. The van der Waals surface area contributed by atoms with Gasteiger partial charge in [-0.15, -0.1) is 0 Å². The first-order valence-corrected chi connectivity index (χ1v) is 7.57. The van der Waals surface area contributed by atoms with E-state index in [1.807, 2.05) is 20.8 Å². The van der Waals surface area contributed by atoms with E-state index < -0.39 is 21.5 Å². The molecule has 0 unspecified atom stereocenters. The van der Waals surface area contributed by atoms with Gasteiger partial charge in [-0.2, -0.15) is 0 Å². The molecule has 1 heterocycles. The summed E-state index contributed by atoms with van der Waals surface area (Å²) >= 11 is 0. The zero-order valence-corrected chi connectivity index (χ0v) is 12.8. The lowest BCUT2D eigenvalue weighted by molar-refractivity contribution is -0.121. The topological polar surface area (TPSA) is 100 Å². The maximum atomic E-state index is 12.1. The number of hydrogen-bond donors (Lipinski definition) is 3. The van der Waals surface area contributed by atoms with E-state index in [1.54, 1.807) is 7.05 Å². The number of anilines is 1. The van der Waals surface area contributed by atoms with Gasteiger partial charge in [0, 0.05) is 18.8 Å². The first-order chi connectivity index (χ1) is 9.15. The fourth-order valence-corrected chi connectivity index (χ4v) is 2.64. The van der Waals surface area contributed by atoms with E-state index in [4.69, 9.17) is 0 Å². The molecule has 1 rings (SSSR count). The van der Waals surface area contributed by atoms with Crippen LogP contribution in [0, 0.1) is 0 Å². The molecule has 0 fully saturated rings. The number of aromatic nitrogens is 1. The van der Waals surface area contributed by atoms with Crippen LogP contribution in [0.5, 0.6) is 0 Å². The summed E-state index contributed by atoms with van der Waals surface area (Å²) < 4.78 is 26.5. The molecule has 112 valence electrons. The summed E-state index contributed by atoms with van der Waals surface area (Å²) in [5.41, 5.74) is -0.410. The van der Waals surface area contributed by atoms with Gasteiger partial charge in [0.1, 0.15) is 10.7 Å². The number of pyridine rings is 1. The van der Waals surface area contributed by atoms with Gasteiger partial charge in [0.25, 0.3) is 0 Å². The minimum atomic E-state index is -3.79. The standard InChI is InChI=1S/C12H20N4O3S/c1-12(2,3)16-10(17)8-15-20(18,19)9-6-5-7-14-11(9)13-4/h5-7,15H,8H2,1-4H3,(H,13,14)(H,16,17). The lowest BCUT2D eigenvalue weighted by atomic mass is 10.1. The summed E-state index contributed by atoms with van der Waals surface area (Å²) in [6.45, 7) is 5.14. The third-order valence-electron chi connectivity index (χ3n) is 2.23. The van der Waals surface area contributed by atoms with Gasteiger partial charge >= 0.3 is 0 Å². The van der Waals surface area contributed by atoms with Crippen molar-refractivity contribution in [2.24, 2.45) is 0 Å². The van der Waals surface area contributed by atoms with Crippen LogP contribution in [-0.2, 0) is 14.8 Å². The number of carbonyl (C=O) groups excluding carboxylic acids is 1. The van der Waals surface area contributed by atoms with E-state index in [1.165, 1.54) is 18.3 Å². The van der Waals surface area contributed by atoms with Crippen LogP contribution in [0.3, 0.4) is 0 Å². The van der Waals surface area contributed by atoms with Crippen molar-refractivity contribution in [3.05, 3.63) is 18.3 Å². The van der Waals surface area contributed by atoms with Crippen LogP contribution in [0.4, 0.5) is 5.82 Å². The maximum Gasteiger partial charge on any atom is 0.244 e. The van der Waals surface area contributed by atoms with E-state index in [-0.39, 0.29) is 17.3 Å². The lowest BCUT2D eigenvalue weighted by Crippen LogP contribution is -2.45. The van der Waals surface area contributed by atoms with Crippen LogP contribution in [0.1, 0.15) is 20.8 Å². The Morgan fingerprint density at radius 2 is 2.00 bits per heavy atom. The molecule has 0 saturated heterocycles. The predicted octanol–water partition coefficient (Wildman–Crippen LogP) is 0.316. The molecule has 3 N–H and O–H groups in total. The molecule has 0 bridgehead atoms. The van der Waals surface area contributed by atoms with Gasteiger partial charge in [0.2, 0.25) is 15.9 Å². The number of sulfonamides is 1. The SMILES string of the molecule is CNc1ncccc1S(=O)(=O)NCC(=O)NC(C)(C)C. The van der Waals surface area contributed by atoms with Crippen molar-refractivity contribution in [1.29, 1.82) is 0 Å². The predicted molar refractivity (Wildman–Crippen MR) is 76.9 cm³/mol. The molecule has 0 aliphatic heterocycles. The minimum Gasteiger partial charge on any atom is -0.372 e. The molecule has 0 aliphatic rings. The highest BCUT2D eigenvalue weighted by atomic mass is 32.2. The van der Waals surface area contributed by atoms with Gasteiger partial charge in [-0.3, -0.25) is 4.79 Å². The molecule has 20 heavy (non-hydrogen) atoms. The van der Waals surface area contributed by atoms with Crippen LogP contribution < -0.4 is 15.4 Å². The highest BCUT2D eigenvalue weighted by molar-refractivity contribution is 7.89. The average Bonchev–Trinajstić information content (AvgIpc) is 2.34. The Kier molecular flexibility index (Phi) is 5.07. The molecule has 0 saturated carbocycles. The smallest absolute Gasteiger partial charge is 0.244 e. The molecule has 0 aromatic carbocycles. The van der Waals surface area contributed by atoms with Crippen LogP contribution in [0.15, 0.2) is 23.2 Å². The zero-order valence-electron chi connectivity index (χ0n) is 12.0. The first kappa shape index (κ1) is 16.4. The van der Waals surface area contributed by atoms with Gasteiger partial charge in [0.05, 0.1) is 6.54 Å². The molecule has 7 nitrogen and oxygen atoms in total. The number of nitrogens with zero attached hydrogens (tertiary/aromatic N) is 1. The number of carbonyl (C=O) groups is 1. The van der Waals surface area contributed by atoms with Crippen molar-refractivity contribution in [3.8, 4) is 0 Å². The quantitative estimate of drug-likeness (QED) is 0.727. The number of amides is 1. The fraction of sp³-hybridized carbons (Fsp3) is 0.500. The van der Waals surface area contributed by atoms with Crippen LogP contribution in [0.25, 0.3) is 0 Å². The molecular formula is C12H20N4O3S. The van der Waals surface area contributed by atoms with Gasteiger partial charge in [0.15, 0.2) is 0 Å². The van der Waals surface area contributed by atoms with Gasteiger partial charge in [-0.05, 0) is 32.9 Å². The maximum absolute atomic E-state index is 12.1. The van der Waals surface area contributed by atoms with Crippen LogP contribution >= 0.6 is 0 Å². The second-order valence-electron chi connectivity index (χ2n) is 5.22. The molecule has 0 radical (unpaired) electrons. The molecule has 0 aliphatic carbocycles. The average molecular weight is 300 g/mol. The van der Waals surface area contributed by atoms with Crippen LogP contribution in [-0.4, -0.2) is 38.4 Å². The van der Waals surface area contributed by atoms with E-state index >= 15 is 0 Å². The Hall–Kier alpha value is -1.67. The summed E-state index contributed by atoms with van der Waals surface area (Å²) in [5.74, 6) is -0.160. The zero-order chi connectivity index (χ0) is 15.4. The Labute approximate surface area is 119 Å². The number of rotatable bonds is 5. The van der Waals surface area contributed by atoms with Crippen molar-refractivity contribution in [1.82, 2.24) is 15.0 Å². The van der Waals surface area contributed by atoms with Crippen molar-refractivity contribution in [2.45, 2.75) is 31.2 Å². The van der Waals surface area contributed by atoms with E-state index in [9.17, 15) is 13.2 Å². The highest BCUT2D eigenvalue weighted by Crippen LogP contribution is 2.16. The highest BCUT2D eigenvalue weighted by Gasteiger charge is 2.21. The second kappa shape index (κ2) is 6.19. The van der Waals surface area contributed by atoms with E-state index in [0.29, 0.717) is 0 Å². The van der Waals surface area contributed by atoms with E-state index in [2.05, 4.69) is 20.3 Å². The second-order valence-corrected chi connectivity index (χ2v) is 6.96. The molecular weight excluding hydrogens is 280 g/mol. The van der Waals surface area contributed by atoms with Crippen molar-refractivity contribution in [3.63, 3.8) is 0 Å². The van der Waals surface area contributed by atoms with E-state index in [0.717, 1.165) is 0 Å². The Balaban J connectivity index is 2.79. The molecule has 1 amide bonds. The third-order valence-corrected chi connectivity index (χ3v) is 3.67. The normalized spacial score (nSPS) is 12.0. The molecule has 1 aromatic heterocycles. The lowest BCUT2D eigenvalue weighted by Gasteiger charge is -2.20. The first-order valence-electron chi connectivity index (χ1n) is 6.09. The molecule has 0 atom stereocenters. The largest absolute Gasteiger partial charge is 0.372 e. The van der Waals surface area contributed by atoms with Crippen molar-refractivity contribution >= 4 is 21.7 Å². The summed E-state index contributed by atoms with van der Waals surface area (Å²) in [4.78, 5) is 15.5. The third kappa shape index (κ3) is 4.78. The molecule has 8 heteroatoms. The Bertz CT molecular complexity index is 579. The monoisotopic (exact) mass is 300 g/mol. The van der Waals surface area contributed by atoms with Gasteiger partial charge < -0.3 is 10.6 Å². The van der Waals surface area contributed by atoms with Crippen molar-refractivity contribution < 1.29 is 13.2 Å². The summed E-state index contributed by atoms with van der Waals surface area (Å²) in [6, 6.07) is 2.94. The van der Waals surface area contributed by atoms with Crippen molar-refractivity contribution in [2.75, 3.05) is 18.9 Å².